The molecule has 0 bridgehead atoms. The summed E-state index contributed by atoms with van der Waals surface area (Å²) in [4.78, 5) is 23.3. The molecule has 0 saturated heterocycles. The molecule has 6 heteroatoms. The van der Waals surface area contributed by atoms with Crippen LogP contribution in [-0.2, 0) is 19.0 Å². The fraction of sp³-hybridized carbons (Fsp3) is 0.846. The van der Waals surface area contributed by atoms with E-state index in [0.717, 1.165) is 0 Å². The highest BCUT2D eigenvalue weighted by Crippen LogP contribution is 2.17. The fourth-order valence-electron chi connectivity index (χ4n) is 1.36. The molecule has 19 heavy (non-hydrogen) atoms. The van der Waals surface area contributed by atoms with Gasteiger partial charge in [0.15, 0.2) is 0 Å². The third-order valence-corrected chi connectivity index (χ3v) is 2.42. The molecule has 112 valence electrons. The van der Waals surface area contributed by atoms with E-state index in [2.05, 4.69) is 10.1 Å². The van der Waals surface area contributed by atoms with Crippen LogP contribution in [0.4, 0.5) is 4.79 Å². The van der Waals surface area contributed by atoms with E-state index >= 15 is 0 Å². The average molecular weight is 275 g/mol. The molecule has 6 nitrogen and oxygen atoms in total. The summed E-state index contributed by atoms with van der Waals surface area (Å²) in [7, 11) is 2.81. The van der Waals surface area contributed by atoms with Gasteiger partial charge in [-0.25, -0.2) is 9.59 Å². The van der Waals surface area contributed by atoms with Gasteiger partial charge in [-0.3, -0.25) is 0 Å². The Morgan fingerprint density at radius 2 is 1.63 bits per heavy atom. The molecule has 0 fully saturated rings. The molecule has 0 heterocycles. The Labute approximate surface area is 114 Å². The SMILES string of the molecule is COC(=O)C(CC(C)(C)OC)NC(=O)OC(C)(C)C. The average Bonchev–Trinajstić information content (AvgIpc) is 2.24. The molecule has 0 spiro atoms. The number of ether oxygens (including phenoxy) is 3. The number of esters is 1. The first kappa shape index (κ1) is 17.7. The number of alkyl carbamates (subject to hydrolysis) is 1. The topological polar surface area (TPSA) is 73.9 Å². The van der Waals surface area contributed by atoms with Crippen LogP contribution in [-0.4, -0.2) is 43.5 Å². The number of hydrogen-bond acceptors (Lipinski definition) is 5. The highest BCUT2D eigenvalue weighted by molar-refractivity contribution is 5.81. The van der Waals surface area contributed by atoms with Crippen molar-refractivity contribution in [2.24, 2.45) is 0 Å². The number of carbonyl (C=O) groups excluding carboxylic acids is 2. The van der Waals surface area contributed by atoms with Gasteiger partial charge in [0.05, 0.1) is 12.7 Å². The maximum absolute atomic E-state index is 11.7. The van der Waals surface area contributed by atoms with Crippen LogP contribution in [0.3, 0.4) is 0 Å². The standard InChI is InChI=1S/C13H25NO5/c1-12(2,3)19-11(16)14-9(10(15)17-6)8-13(4,5)18-7/h9H,8H2,1-7H3,(H,14,16). The second kappa shape index (κ2) is 6.75. The van der Waals surface area contributed by atoms with Crippen molar-refractivity contribution in [2.45, 2.75) is 58.3 Å². The highest BCUT2D eigenvalue weighted by atomic mass is 16.6. The summed E-state index contributed by atoms with van der Waals surface area (Å²) in [5.74, 6) is -0.531. The van der Waals surface area contributed by atoms with Crippen LogP contribution in [0.1, 0.15) is 41.0 Å². The van der Waals surface area contributed by atoms with Crippen LogP contribution in [0.5, 0.6) is 0 Å². The number of nitrogens with one attached hydrogen (secondary N) is 1. The largest absolute Gasteiger partial charge is 0.467 e. The van der Waals surface area contributed by atoms with Gasteiger partial charge in [-0.15, -0.1) is 0 Å². The zero-order chi connectivity index (χ0) is 15.3. The molecule has 1 amide bonds. The van der Waals surface area contributed by atoms with E-state index < -0.39 is 29.3 Å². The Morgan fingerprint density at radius 3 is 2.00 bits per heavy atom. The lowest BCUT2D eigenvalue weighted by atomic mass is 9.99. The van der Waals surface area contributed by atoms with Gasteiger partial charge < -0.3 is 19.5 Å². The van der Waals surface area contributed by atoms with Crippen LogP contribution in [0.2, 0.25) is 0 Å². The second-order valence-electron chi connectivity index (χ2n) is 5.89. The Balaban J connectivity index is 4.70. The second-order valence-corrected chi connectivity index (χ2v) is 5.89. The first-order valence-corrected chi connectivity index (χ1v) is 6.13. The molecule has 0 aliphatic rings. The van der Waals surface area contributed by atoms with Crippen molar-refractivity contribution >= 4 is 12.1 Å². The zero-order valence-corrected chi connectivity index (χ0v) is 12.8. The predicted molar refractivity (Wildman–Crippen MR) is 70.9 cm³/mol. The van der Waals surface area contributed by atoms with E-state index in [9.17, 15) is 9.59 Å². The minimum absolute atomic E-state index is 0.287. The molecule has 1 atom stereocenters. The molecule has 0 saturated carbocycles. The highest BCUT2D eigenvalue weighted by Gasteiger charge is 2.31. The van der Waals surface area contributed by atoms with E-state index in [1.807, 2.05) is 13.8 Å². The van der Waals surface area contributed by atoms with E-state index in [0.29, 0.717) is 0 Å². The smallest absolute Gasteiger partial charge is 0.408 e. The van der Waals surface area contributed by atoms with Crippen molar-refractivity contribution in [1.29, 1.82) is 0 Å². The number of amides is 1. The molecule has 0 aromatic carbocycles. The van der Waals surface area contributed by atoms with E-state index in [-0.39, 0.29) is 6.42 Å². The van der Waals surface area contributed by atoms with Gasteiger partial charge >= 0.3 is 12.1 Å². The Bertz CT molecular complexity index is 319. The lowest BCUT2D eigenvalue weighted by Crippen LogP contribution is -2.47. The van der Waals surface area contributed by atoms with E-state index in [4.69, 9.17) is 9.47 Å². The molecule has 0 aliphatic heterocycles. The summed E-state index contributed by atoms with van der Waals surface area (Å²) in [6.07, 6.45) is -0.370. The summed E-state index contributed by atoms with van der Waals surface area (Å²) in [5, 5.41) is 2.50. The van der Waals surface area contributed by atoms with Crippen molar-refractivity contribution in [3.63, 3.8) is 0 Å². The molecular formula is C13H25NO5. The molecule has 0 aliphatic carbocycles. The molecule has 0 radical (unpaired) electrons. The minimum atomic E-state index is -0.810. The van der Waals surface area contributed by atoms with Crippen LogP contribution in [0.25, 0.3) is 0 Å². The van der Waals surface area contributed by atoms with Gasteiger partial charge in [0.1, 0.15) is 11.6 Å². The van der Waals surface area contributed by atoms with Gasteiger partial charge in [-0.1, -0.05) is 0 Å². The molecule has 0 aromatic rings. The fourth-order valence-corrected chi connectivity index (χ4v) is 1.36. The monoisotopic (exact) mass is 275 g/mol. The maximum Gasteiger partial charge on any atom is 0.408 e. The Kier molecular flexibility index (Phi) is 6.29. The van der Waals surface area contributed by atoms with Gasteiger partial charge in [0, 0.05) is 13.5 Å². The number of carbonyl (C=O) groups is 2. The normalized spacial score (nSPS) is 13.6. The van der Waals surface area contributed by atoms with E-state index in [1.54, 1.807) is 27.9 Å². The Hall–Kier alpha value is -1.30. The van der Waals surface area contributed by atoms with Crippen LogP contribution >= 0.6 is 0 Å². The summed E-state index contributed by atoms with van der Waals surface area (Å²) >= 11 is 0. The van der Waals surface area contributed by atoms with Crippen molar-refractivity contribution in [3.8, 4) is 0 Å². The van der Waals surface area contributed by atoms with Crippen LogP contribution < -0.4 is 5.32 Å². The van der Waals surface area contributed by atoms with Crippen molar-refractivity contribution in [3.05, 3.63) is 0 Å². The predicted octanol–water partition coefficient (Wildman–Crippen LogP) is 1.87. The third kappa shape index (κ3) is 7.66. The molecule has 1 N–H and O–H groups in total. The summed E-state index contributed by atoms with van der Waals surface area (Å²) in [6, 6.07) is -0.810. The van der Waals surface area contributed by atoms with Crippen molar-refractivity contribution < 1.29 is 23.8 Å². The number of hydrogen-bond donors (Lipinski definition) is 1. The Morgan fingerprint density at radius 1 is 1.11 bits per heavy atom. The van der Waals surface area contributed by atoms with Gasteiger partial charge in [-0.2, -0.15) is 0 Å². The van der Waals surface area contributed by atoms with Gasteiger partial charge in [0.25, 0.3) is 0 Å². The third-order valence-electron chi connectivity index (χ3n) is 2.42. The summed E-state index contributed by atoms with van der Waals surface area (Å²) < 4.78 is 15.0. The van der Waals surface area contributed by atoms with Crippen LogP contribution in [0.15, 0.2) is 0 Å². The molecule has 0 rings (SSSR count). The zero-order valence-electron chi connectivity index (χ0n) is 12.8. The van der Waals surface area contributed by atoms with Crippen molar-refractivity contribution in [1.82, 2.24) is 5.32 Å². The molecule has 1 unspecified atom stereocenters. The summed E-state index contributed by atoms with van der Waals surface area (Å²) in [6.45, 7) is 8.88. The van der Waals surface area contributed by atoms with Gasteiger partial charge in [0.2, 0.25) is 0 Å². The first-order valence-electron chi connectivity index (χ1n) is 6.13. The van der Waals surface area contributed by atoms with Crippen molar-refractivity contribution in [2.75, 3.05) is 14.2 Å². The lowest BCUT2D eigenvalue weighted by Gasteiger charge is -2.28. The first-order chi connectivity index (χ1) is 8.50. The lowest BCUT2D eigenvalue weighted by molar-refractivity contribution is -0.145. The number of methoxy groups -OCH3 is 2. The van der Waals surface area contributed by atoms with E-state index in [1.165, 1.54) is 7.11 Å². The molecular weight excluding hydrogens is 250 g/mol. The number of rotatable bonds is 5. The maximum atomic E-state index is 11.7. The summed E-state index contributed by atoms with van der Waals surface area (Å²) in [5.41, 5.74) is -1.19. The van der Waals surface area contributed by atoms with Crippen LogP contribution in [0, 0.1) is 0 Å². The quantitative estimate of drug-likeness (QED) is 0.775. The molecule has 0 aromatic heterocycles. The minimum Gasteiger partial charge on any atom is -0.467 e. The van der Waals surface area contributed by atoms with Gasteiger partial charge in [-0.05, 0) is 34.6 Å².